The number of rotatable bonds is 7. The molecule has 0 aliphatic heterocycles. The fourth-order valence-corrected chi connectivity index (χ4v) is 3.98. The Morgan fingerprint density at radius 1 is 1.43 bits per heavy atom. The molecule has 1 unspecified atom stereocenters. The summed E-state index contributed by atoms with van der Waals surface area (Å²) in [5, 5.41) is 11.2. The first kappa shape index (κ1) is 17.3. The number of para-hydroxylation sites is 1. The first-order valence-corrected chi connectivity index (χ1v) is 8.01. The monoisotopic (exact) mass is 316 g/mol. The summed E-state index contributed by atoms with van der Waals surface area (Å²) in [6.45, 7) is 5.54. The number of nitrogen functional groups attached to an aromatic ring is 1. The van der Waals surface area contributed by atoms with Crippen LogP contribution in [0, 0.1) is 10.1 Å². The molecule has 3 N–H and O–H groups in total. The number of nitrogens with zero attached hydrogens (tertiary/aromatic N) is 2. The third-order valence-corrected chi connectivity index (χ3v) is 5.44. The van der Waals surface area contributed by atoms with Gasteiger partial charge in [-0.05, 0) is 25.5 Å². The number of nitrogens with two attached hydrogens (primary N) is 1. The highest BCUT2D eigenvalue weighted by Crippen LogP contribution is 2.33. The highest BCUT2D eigenvalue weighted by atomic mass is 32.2. The van der Waals surface area contributed by atoms with Crippen molar-refractivity contribution < 1.29 is 13.3 Å². The summed E-state index contributed by atoms with van der Waals surface area (Å²) in [5.41, 5.74) is 1.58. The molecule has 0 saturated heterocycles. The van der Waals surface area contributed by atoms with E-state index in [1.54, 1.807) is 13.8 Å². The zero-order chi connectivity index (χ0) is 16.2. The molecule has 0 amide bonds. The van der Waals surface area contributed by atoms with E-state index >= 15 is 0 Å². The van der Waals surface area contributed by atoms with Crippen molar-refractivity contribution in [2.75, 3.05) is 12.0 Å². The zero-order valence-electron chi connectivity index (χ0n) is 12.2. The van der Waals surface area contributed by atoms with Crippen molar-refractivity contribution in [2.45, 2.75) is 38.1 Å². The molecule has 0 radical (unpaired) electrons. The lowest BCUT2D eigenvalue weighted by Gasteiger charge is -2.26. The molecule has 0 aromatic heterocycles. The van der Waals surface area contributed by atoms with E-state index in [1.807, 2.05) is 6.92 Å². The molecule has 1 rings (SSSR count). The summed E-state index contributed by atoms with van der Waals surface area (Å²) in [7, 11) is -3.97. The van der Waals surface area contributed by atoms with Crippen molar-refractivity contribution >= 4 is 21.4 Å². The van der Waals surface area contributed by atoms with Crippen molar-refractivity contribution in [1.29, 1.82) is 0 Å². The Hall–Kier alpha value is -1.71. The Bertz CT molecular complexity index is 618. The Morgan fingerprint density at radius 3 is 2.48 bits per heavy atom. The van der Waals surface area contributed by atoms with Crippen LogP contribution in [0.5, 0.6) is 0 Å². The van der Waals surface area contributed by atoms with Gasteiger partial charge in [-0.25, -0.2) is 8.42 Å². The van der Waals surface area contributed by atoms with Crippen LogP contribution in [0.2, 0.25) is 0 Å². The van der Waals surface area contributed by atoms with Crippen LogP contribution < -0.4 is 11.3 Å². The van der Waals surface area contributed by atoms with E-state index in [2.05, 4.69) is 5.43 Å². The summed E-state index contributed by atoms with van der Waals surface area (Å²) in [5.74, 6) is 5.23. The lowest BCUT2D eigenvalue weighted by molar-refractivity contribution is -0.386. The van der Waals surface area contributed by atoms with Crippen LogP contribution in [-0.4, -0.2) is 30.2 Å². The predicted octanol–water partition coefficient (Wildman–Crippen LogP) is 1.69. The van der Waals surface area contributed by atoms with Crippen molar-refractivity contribution in [3.05, 3.63) is 28.3 Å². The van der Waals surface area contributed by atoms with Gasteiger partial charge in [-0.15, -0.1) is 0 Å². The molecule has 0 saturated carbocycles. The predicted molar refractivity (Wildman–Crippen MR) is 80.2 cm³/mol. The van der Waals surface area contributed by atoms with Crippen LogP contribution in [0.3, 0.4) is 0 Å². The molecule has 0 aliphatic rings. The molecule has 0 bridgehead atoms. The van der Waals surface area contributed by atoms with E-state index < -0.39 is 20.6 Å². The summed E-state index contributed by atoms with van der Waals surface area (Å²) < 4.78 is 26.7. The number of benzene rings is 1. The second-order valence-corrected chi connectivity index (χ2v) is 6.38. The second kappa shape index (κ2) is 6.83. The molecule has 118 valence electrons. The van der Waals surface area contributed by atoms with Gasteiger partial charge in [0.15, 0.2) is 4.90 Å². The maximum atomic E-state index is 12.7. The Balaban J connectivity index is 3.54. The van der Waals surface area contributed by atoms with Gasteiger partial charge in [0.2, 0.25) is 10.0 Å². The molecule has 0 heterocycles. The van der Waals surface area contributed by atoms with Gasteiger partial charge in [0.05, 0.1) is 4.92 Å². The summed E-state index contributed by atoms with van der Waals surface area (Å²) >= 11 is 0. The number of nitro benzene ring substituents is 1. The lowest BCUT2D eigenvalue weighted by Crippen LogP contribution is -2.38. The molecule has 0 aliphatic carbocycles. The largest absolute Gasteiger partial charge is 0.318 e. The highest BCUT2D eigenvalue weighted by Gasteiger charge is 2.34. The first-order valence-electron chi connectivity index (χ1n) is 6.57. The molecule has 0 fully saturated rings. The fraction of sp³-hybridized carbons (Fsp3) is 0.500. The minimum atomic E-state index is -3.97. The average Bonchev–Trinajstić information content (AvgIpc) is 2.46. The third-order valence-electron chi connectivity index (χ3n) is 3.32. The normalized spacial score (nSPS) is 13.2. The minimum Gasteiger partial charge on any atom is -0.318 e. The Kier molecular flexibility index (Phi) is 5.64. The molecule has 8 nitrogen and oxygen atoms in total. The smallest absolute Gasteiger partial charge is 0.313 e. The van der Waals surface area contributed by atoms with E-state index in [4.69, 9.17) is 5.84 Å². The fourth-order valence-electron chi connectivity index (χ4n) is 2.08. The van der Waals surface area contributed by atoms with Gasteiger partial charge in [0.1, 0.15) is 5.69 Å². The van der Waals surface area contributed by atoms with Gasteiger partial charge in [-0.2, -0.15) is 4.31 Å². The van der Waals surface area contributed by atoms with Crippen LogP contribution in [0.15, 0.2) is 23.1 Å². The number of nitrogens with one attached hydrogen (secondary N) is 1. The van der Waals surface area contributed by atoms with Crippen LogP contribution in [0.25, 0.3) is 0 Å². The van der Waals surface area contributed by atoms with Crippen molar-refractivity contribution in [1.82, 2.24) is 4.31 Å². The van der Waals surface area contributed by atoms with Gasteiger partial charge >= 0.3 is 5.69 Å². The van der Waals surface area contributed by atoms with Gasteiger partial charge in [-0.3, -0.25) is 16.0 Å². The summed E-state index contributed by atoms with van der Waals surface area (Å²) in [6, 6.07) is 3.74. The quantitative estimate of drug-likeness (QED) is 0.449. The van der Waals surface area contributed by atoms with Crippen molar-refractivity contribution in [3.8, 4) is 0 Å². The molecule has 1 aromatic carbocycles. The highest BCUT2D eigenvalue weighted by molar-refractivity contribution is 7.89. The summed E-state index contributed by atoms with van der Waals surface area (Å²) in [6.07, 6.45) is 0.607. The first-order chi connectivity index (χ1) is 9.81. The maximum Gasteiger partial charge on any atom is 0.313 e. The minimum absolute atomic E-state index is 0.0405. The van der Waals surface area contributed by atoms with Crippen LogP contribution in [0.1, 0.15) is 27.2 Å². The lowest BCUT2D eigenvalue weighted by atomic mass is 10.3. The molecule has 21 heavy (non-hydrogen) atoms. The molecule has 9 heteroatoms. The Labute approximate surface area is 124 Å². The van der Waals surface area contributed by atoms with Crippen LogP contribution in [0.4, 0.5) is 11.4 Å². The number of hydrogen-bond donors (Lipinski definition) is 2. The van der Waals surface area contributed by atoms with E-state index in [0.717, 1.165) is 0 Å². The van der Waals surface area contributed by atoms with Crippen molar-refractivity contribution in [2.24, 2.45) is 5.84 Å². The van der Waals surface area contributed by atoms with E-state index in [1.165, 1.54) is 22.5 Å². The van der Waals surface area contributed by atoms with Gasteiger partial charge < -0.3 is 5.43 Å². The third kappa shape index (κ3) is 3.31. The zero-order valence-corrected chi connectivity index (χ0v) is 13.1. The number of nitro groups is 1. The van der Waals surface area contributed by atoms with Gasteiger partial charge in [0, 0.05) is 12.6 Å². The SMILES string of the molecule is CCC(C)N(CC)S(=O)(=O)c1cccc(NN)c1[N+](=O)[O-]. The summed E-state index contributed by atoms with van der Waals surface area (Å²) in [4.78, 5) is 10.1. The second-order valence-electron chi connectivity index (χ2n) is 4.52. The van der Waals surface area contributed by atoms with E-state index in [-0.39, 0.29) is 23.2 Å². The number of sulfonamides is 1. The van der Waals surface area contributed by atoms with Gasteiger partial charge in [-0.1, -0.05) is 19.9 Å². The molecule has 1 aromatic rings. The van der Waals surface area contributed by atoms with E-state index in [9.17, 15) is 18.5 Å². The maximum absolute atomic E-state index is 12.7. The average molecular weight is 316 g/mol. The number of anilines is 1. The number of hydrazine groups is 1. The molecular formula is C12H20N4O4S. The Morgan fingerprint density at radius 2 is 2.05 bits per heavy atom. The van der Waals surface area contributed by atoms with Crippen LogP contribution >= 0.6 is 0 Å². The molecule has 0 spiro atoms. The number of hydrogen-bond acceptors (Lipinski definition) is 6. The standard InChI is InChI=1S/C12H20N4O4S/c1-4-9(3)15(5-2)21(19,20)11-8-6-7-10(14-13)12(11)16(17)18/h6-9,14H,4-5,13H2,1-3H3. The molecule has 1 atom stereocenters. The van der Waals surface area contributed by atoms with Gasteiger partial charge in [0.25, 0.3) is 0 Å². The topological polar surface area (TPSA) is 119 Å². The van der Waals surface area contributed by atoms with Crippen molar-refractivity contribution in [3.63, 3.8) is 0 Å². The van der Waals surface area contributed by atoms with E-state index in [0.29, 0.717) is 6.42 Å². The molecular weight excluding hydrogens is 296 g/mol. The van der Waals surface area contributed by atoms with Crippen LogP contribution in [-0.2, 0) is 10.0 Å².